The fourth-order valence-electron chi connectivity index (χ4n) is 4.10. The first-order chi connectivity index (χ1) is 19.0. The van der Waals surface area contributed by atoms with E-state index in [9.17, 15) is 4.79 Å². The molecule has 0 aliphatic rings. The number of aromatic amines is 1. The Bertz CT molecular complexity index is 1550. The number of anilines is 1. The van der Waals surface area contributed by atoms with E-state index in [1.54, 1.807) is 43.2 Å². The van der Waals surface area contributed by atoms with Crippen molar-refractivity contribution in [1.82, 2.24) is 19.7 Å². The molecule has 2 N–H and O–H groups in total. The molecule has 3 aromatic carbocycles. The van der Waals surface area contributed by atoms with Gasteiger partial charge < -0.3 is 24.5 Å². The van der Waals surface area contributed by atoms with Crippen molar-refractivity contribution in [1.29, 1.82) is 0 Å². The summed E-state index contributed by atoms with van der Waals surface area (Å²) in [6.07, 6.45) is 0.738. The van der Waals surface area contributed by atoms with Gasteiger partial charge in [-0.05, 0) is 48.0 Å². The highest BCUT2D eigenvalue weighted by molar-refractivity contribution is 6.32. The smallest absolute Gasteiger partial charge is 0.256 e. The van der Waals surface area contributed by atoms with Crippen molar-refractivity contribution in [3.05, 3.63) is 88.9 Å². The minimum absolute atomic E-state index is 0.340. The molecule has 1 amide bonds. The number of aromatic nitrogens is 4. The van der Waals surface area contributed by atoms with E-state index in [0.29, 0.717) is 47.7 Å². The molecule has 0 unspecified atom stereocenters. The molecule has 39 heavy (non-hydrogen) atoms. The van der Waals surface area contributed by atoms with E-state index in [4.69, 9.17) is 30.8 Å². The summed E-state index contributed by atoms with van der Waals surface area (Å²) in [5.41, 5.74) is 3.89. The SMILES string of the molecule is COCCCOc1ccc(C(=O)Nc2cc(-c3nc4ccccc4[nH]3)n(Cc3ccc(OC)cc3)n2)cc1Cl. The molecular formula is C29H28ClN5O4. The Hall–Kier alpha value is -4.34. The Balaban J connectivity index is 1.39. The number of methoxy groups -OCH3 is 2. The first kappa shape index (κ1) is 26.3. The van der Waals surface area contributed by atoms with E-state index in [0.717, 1.165) is 34.5 Å². The number of para-hydroxylation sites is 2. The number of rotatable bonds is 11. The van der Waals surface area contributed by atoms with E-state index in [2.05, 4.69) is 15.4 Å². The summed E-state index contributed by atoms with van der Waals surface area (Å²) >= 11 is 6.37. The number of benzene rings is 3. The minimum atomic E-state index is -0.340. The van der Waals surface area contributed by atoms with Crippen molar-refractivity contribution >= 4 is 34.4 Å². The highest BCUT2D eigenvalue weighted by Crippen LogP contribution is 2.28. The van der Waals surface area contributed by atoms with E-state index >= 15 is 0 Å². The Morgan fingerprint density at radius 2 is 1.85 bits per heavy atom. The summed E-state index contributed by atoms with van der Waals surface area (Å²) in [6, 6.07) is 22.3. The largest absolute Gasteiger partial charge is 0.497 e. The number of carbonyl (C=O) groups excluding carboxylic acids is 1. The van der Waals surface area contributed by atoms with Crippen molar-refractivity contribution in [2.75, 3.05) is 32.8 Å². The monoisotopic (exact) mass is 545 g/mol. The number of nitrogens with zero attached hydrogens (tertiary/aromatic N) is 3. The summed E-state index contributed by atoms with van der Waals surface area (Å²) in [6.45, 7) is 1.53. The zero-order chi connectivity index (χ0) is 27.2. The second-order valence-corrected chi connectivity index (χ2v) is 9.22. The van der Waals surface area contributed by atoms with Crippen LogP contribution in [0.4, 0.5) is 5.82 Å². The molecule has 0 atom stereocenters. The Morgan fingerprint density at radius 3 is 2.59 bits per heavy atom. The Kier molecular flexibility index (Phi) is 8.10. The van der Waals surface area contributed by atoms with Crippen LogP contribution in [0.15, 0.2) is 72.8 Å². The molecule has 0 fully saturated rings. The van der Waals surface area contributed by atoms with Gasteiger partial charge >= 0.3 is 0 Å². The number of nitrogens with one attached hydrogen (secondary N) is 2. The molecular weight excluding hydrogens is 518 g/mol. The molecule has 0 spiro atoms. The molecule has 2 aromatic heterocycles. The van der Waals surface area contributed by atoms with Crippen LogP contribution >= 0.6 is 11.6 Å². The van der Waals surface area contributed by atoms with Crippen molar-refractivity contribution < 1.29 is 19.0 Å². The molecule has 10 heteroatoms. The van der Waals surface area contributed by atoms with Gasteiger partial charge in [-0.2, -0.15) is 5.10 Å². The lowest BCUT2D eigenvalue weighted by Gasteiger charge is -2.09. The maximum atomic E-state index is 13.1. The first-order valence-corrected chi connectivity index (χ1v) is 12.8. The third-order valence-electron chi connectivity index (χ3n) is 6.09. The maximum absolute atomic E-state index is 13.1. The minimum Gasteiger partial charge on any atom is -0.497 e. The summed E-state index contributed by atoms with van der Waals surface area (Å²) in [5, 5.41) is 7.92. The number of hydrogen-bond donors (Lipinski definition) is 2. The van der Waals surface area contributed by atoms with Gasteiger partial charge in [-0.3, -0.25) is 9.48 Å². The summed E-state index contributed by atoms with van der Waals surface area (Å²) in [7, 11) is 3.27. The van der Waals surface area contributed by atoms with Gasteiger partial charge in [-0.25, -0.2) is 4.98 Å². The zero-order valence-corrected chi connectivity index (χ0v) is 22.4. The number of imidazole rings is 1. The maximum Gasteiger partial charge on any atom is 0.256 e. The van der Waals surface area contributed by atoms with Crippen LogP contribution < -0.4 is 14.8 Å². The predicted octanol–water partition coefficient (Wildman–Crippen LogP) is 5.80. The molecule has 5 rings (SSSR count). The van der Waals surface area contributed by atoms with Gasteiger partial charge in [0, 0.05) is 31.8 Å². The van der Waals surface area contributed by atoms with Gasteiger partial charge in [0.15, 0.2) is 11.6 Å². The number of halogens is 1. The highest BCUT2D eigenvalue weighted by atomic mass is 35.5. The summed E-state index contributed by atoms with van der Waals surface area (Å²) < 4.78 is 17.8. The molecule has 0 aliphatic heterocycles. The first-order valence-electron chi connectivity index (χ1n) is 12.4. The van der Waals surface area contributed by atoms with Crippen LogP contribution in [0.1, 0.15) is 22.3 Å². The second-order valence-electron chi connectivity index (χ2n) is 8.82. The lowest BCUT2D eigenvalue weighted by molar-refractivity contribution is 0.102. The second kappa shape index (κ2) is 12.0. The molecule has 0 radical (unpaired) electrons. The number of hydrogen-bond acceptors (Lipinski definition) is 6. The van der Waals surface area contributed by atoms with Crippen molar-refractivity contribution in [2.45, 2.75) is 13.0 Å². The standard InChI is InChI=1S/C29H28ClN5O4/c1-37-14-5-15-39-26-13-10-20(16-22(26)30)29(36)33-27-17-25(28-31-23-6-3-4-7-24(23)32-28)35(34-27)18-19-8-11-21(38-2)12-9-19/h3-4,6-13,16-17H,5,14-15,18H2,1-2H3,(H,31,32)(H,33,34,36). The topological polar surface area (TPSA) is 103 Å². The lowest BCUT2D eigenvalue weighted by atomic mass is 10.2. The summed E-state index contributed by atoms with van der Waals surface area (Å²) in [5.74, 6) is 1.98. The van der Waals surface area contributed by atoms with Gasteiger partial charge in [0.2, 0.25) is 0 Å². The van der Waals surface area contributed by atoms with E-state index < -0.39 is 0 Å². The number of fused-ring (bicyclic) bond motifs is 1. The average Bonchev–Trinajstić information content (AvgIpc) is 3.56. The average molecular weight is 546 g/mol. The van der Waals surface area contributed by atoms with Gasteiger partial charge in [0.05, 0.1) is 36.3 Å². The highest BCUT2D eigenvalue weighted by Gasteiger charge is 2.17. The third-order valence-corrected chi connectivity index (χ3v) is 6.38. The van der Waals surface area contributed by atoms with Crippen molar-refractivity contribution in [2.24, 2.45) is 0 Å². The number of amides is 1. The normalized spacial score (nSPS) is 11.1. The number of carbonyl (C=O) groups is 1. The molecule has 0 saturated heterocycles. The van der Waals surface area contributed by atoms with Crippen LogP contribution in [0.3, 0.4) is 0 Å². The quantitative estimate of drug-likeness (QED) is 0.203. The molecule has 9 nitrogen and oxygen atoms in total. The van der Waals surface area contributed by atoms with Crippen LogP contribution in [0, 0.1) is 0 Å². The van der Waals surface area contributed by atoms with Crippen molar-refractivity contribution in [3.8, 4) is 23.0 Å². The third kappa shape index (κ3) is 6.22. The fraction of sp³-hybridized carbons (Fsp3) is 0.207. The molecule has 200 valence electrons. The lowest BCUT2D eigenvalue weighted by Crippen LogP contribution is -2.13. The van der Waals surface area contributed by atoms with Crippen LogP contribution in [0.5, 0.6) is 11.5 Å². The van der Waals surface area contributed by atoms with Crippen LogP contribution in [-0.2, 0) is 11.3 Å². The molecule has 2 heterocycles. The number of ether oxygens (including phenoxy) is 3. The Morgan fingerprint density at radius 1 is 1.03 bits per heavy atom. The predicted molar refractivity (Wildman–Crippen MR) is 151 cm³/mol. The summed E-state index contributed by atoms with van der Waals surface area (Å²) in [4.78, 5) is 21.2. The fourth-order valence-corrected chi connectivity index (χ4v) is 4.34. The molecule has 0 saturated carbocycles. The molecule has 0 aliphatic carbocycles. The number of H-pyrrole nitrogens is 1. The van der Waals surface area contributed by atoms with Crippen LogP contribution in [-0.4, -0.2) is 53.1 Å². The van der Waals surface area contributed by atoms with E-state index in [-0.39, 0.29) is 5.91 Å². The van der Waals surface area contributed by atoms with Gasteiger partial charge in [-0.1, -0.05) is 35.9 Å². The Labute approximate surface area is 230 Å². The van der Waals surface area contributed by atoms with E-state index in [1.165, 1.54) is 0 Å². The van der Waals surface area contributed by atoms with Gasteiger partial charge in [0.25, 0.3) is 5.91 Å². The van der Waals surface area contributed by atoms with Crippen LogP contribution in [0.25, 0.3) is 22.6 Å². The molecule has 5 aromatic rings. The van der Waals surface area contributed by atoms with Gasteiger partial charge in [-0.15, -0.1) is 0 Å². The van der Waals surface area contributed by atoms with Gasteiger partial charge in [0.1, 0.15) is 17.2 Å². The zero-order valence-electron chi connectivity index (χ0n) is 21.6. The van der Waals surface area contributed by atoms with Crippen LogP contribution in [0.2, 0.25) is 5.02 Å². The van der Waals surface area contributed by atoms with E-state index in [1.807, 2.05) is 48.5 Å². The molecule has 0 bridgehead atoms. The van der Waals surface area contributed by atoms with Crippen molar-refractivity contribution in [3.63, 3.8) is 0 Å².